The minimum Gasteiger partial charge on any atom is -0.458 e. The predicted molar refractivity (Wildman–Crippen MR) is 64.5 cm³/mol. The van der Waals surface area contributed by atoms with Gasteiger partial charge in [0.05, 0.1) is 0 Å². The molecule has 90 valence electrons. The molecule has 0 unspecified atom stereocenters. The van der Waals surface area contributed by atoms with E-state index in [0.717, 1.165) is 12.1 Å². The highest BCUT2D eigenvalue weighted by Gasteiger charge is 2.04. The molecule has 2 rings (SSSR count). The molecule has 0 bridgehead atoms. The van der Waals surface area contributed by atoms with Crippen LogP contribution in [0, 0.1) is 0 Å². The Morgan fingerprint density at radius 3 is 2.71 bits per heavy atom. The van der Waals surface area contributed by atoms with Crippen molar-refractivity contribution >= 4 is 0 Å². The van der Waals surface area contributed by atoms with E-state index in [1.165, 1.54) is 5.56 Å². The van der Waals surface area contributed by atoms with Gasteiger partial charge in [-0.05, 0) is 18.2 Å². The molecule has 2 aromatic rings. The van der Waals surface area contributed by atoms with Crippen LogP contribution in [0.15, 0.2) is 30.6 Å². The molecule has 1 aromatic carbocycles. The third kappa shape index (κ3) is 3.04. The Balaban J connectivity index is 2.03. The second-order valence-electron chi connectivity index (χ2n) is 3.79. The number of rotatable bonds is 5. The van der Waals surface area contributed by atoms with Crippen LogP contribution >= 0.6 is 0 Å². The Hall–Kier alpha value is -1.88. The van der Waals surface area contributed by atoms with Crippen LogP contribution in [0.25, 0.3) is 0 Å². The molecular weight excluding hydrogens is 216 g/mol. The molecule has 0 aliphatic carbocycles. The van der Waals surface area contributed by atoms with Crippen LogP contribution in [-0.2, 0) is 20.2 Å². The summed E-state index contributed by atoms with van der Waals surface area (Å²) in [6.45, 7) is 1.32. The number of hydrogen-bond acceptors (Lipinski definition) is 4. The van der Waals surface area contributed by atoms with E-state index in [4.69, 9.17) is 4.74 Å². The predicted octanol–water partition coefficient (Wildman–Crippen LogP) is 1.11. The van der Waals surface area contributed by atoms with Gasteiger partial charge in [-0.2, -0.15) is 4.98 Å². The molecule has 0 spiro atoms. The van der Waals surface area contributed by atoms with Gasteiger partial charge in [0.15, 0.2) is 0 Å². The van der Waals surface area contributed by atoms with Gasteiger partial charge in [-0.25, -0.2) is 0 Å². The van der Waals surface area contributed by atoms with Gasteiger partial charge in [-0.15, -0.1) is 5.10 Å². The fraction of sp³-hybridized carbons (Fsp3) is 0.333. The highest BCUT2D eigenvalue weighted by Crippen LogP contribution is 2.11. The Morgan fingerprint density at radius 2 is 2.06 bits per heavy atom. The lowest BCUT2D eigenvalue weighted by Gasteiger charge is -2.08. The molecule has 0 saturated heterocycles. The minimum atomic E-state index is 0.409. The molecule has 17 heavy (non-hydrogen) atoms. The van der Waals surface area contributed by atoms with E-state index in [1.807, 2.05) is 26.2 Å². The van der Waals surface area contributed by atoms with E-state index in [9.17, 15) is 0 Å². The van der Waals surface area contributed by atoms with E-state index in [0.29, 0.717) is 12.6 Å². The Bertz CT molecular complexity index is 481. The normalized spacial score (nSPS) is 10.5. The summed E-state index contributed by atoms with van der Waals surface area (Å²) < 4.78 is 7.15. The zero-order valence-corrected chi connectivity index (χ0v) is 10.1. The van der Waals surface area contributed by atoms with E-state index >= 15 is 0 Å². The lowest BCUT2D eigenvalue weighted by molar-refractivity contribution is 0.279. The van der Waals surface area contributed by atoms with Crippen LogP contribution < -0.4 is 10.1 Å². The van der Waals surface area contributed by atoms with Crippen molar-refractivity contribution in [3.63, 3.8) is 0 Å². The van der Waals surface area contributed by atoms with Gasteiger partial charge in [0.2, 0.25) is 0 Å². The summed E-state index contributed by atoms with van der Waals surface area (Å²) in [6.07, 6.45) is 1.62. The number of nitrogens with zero attached hydrogens (tertiary/aromatic N) is 3. The molecule has 0 radical (unpaired) electrons. The monoisotopic (exact) mass is 232 g/mol. The van der Waals surface area contributed by atoms with Crippen LogP contribution in [-0.4, -0.2) is 21.8 Å². The van der Waals surface area contributed by atoms with Crippen molar-refractivity contribution in [2.24, 2.45) is 7.05 Å². The summed E-state index contributed by atoms with van der Waals surface area (Å²) in [5.41, 5.74) is 2.38. The maximum atomic E-state index is 5.53. The molecule has 0 amide bonds. The number of aryl methyl sites for hydroxylation is 1. The number of benzene rings is 1. The van der Waals surface area contributed by atoms with Crippen molar-refractivity contribution in [2.75, 3.05) is 7.05 Å². The fourth-order valence-corrected chi connectivity index (χ4v) is 1.59. The lowest BCUT2D eigenvalue weighted by Crippen LogP contribution is -2.09. The summed E-state index contributed by atoms with van der Waals surface area (Å²) in [7, 11) is 3.74. The van der Waals surface area contributed by atoms with Gasteiger partial charge >= 0.3 is 6.01 Å². The van der Waals surface area contributed by atoms with Crippen LogP contribution in [0.2, 0.25) is 0 Å². The molecule has 0 aliphatic rings. The average molecular weight is 232 g/mol. The molecular formula is C12H16N4O. The van der Waals surface area contributed by atoms with Crippen molar-refractivity contribution in [1.82, 2.24) is 20.1 Å². The number of ether oxygens (including phenoxy) is 1. The maximum absolute atomic E-state index is 5.53. The molecule has 1 heterocycles. The van der Waals surface area contributed by atoms with Gasteiger partial charge in [-0.1, -0.05) is 24.3 Å². The van der Waals surface area contributed by atoms with E-state index < -0.39 is 0 Å². The van der Waals surface area contributed by atoms with Gasteiger partial charge in [-0.3, -0.25) is 4.68 Å². The standard InChI is InChI=1S/C12H16N4O/c1-13-7-10-5-3-4-6-11(10)8-17-12-14-9-16(2)15-12/h3-6,9,13H,7-8H2,1-2H3. The topological polar surface area (TPSA) is 52.0 Å². The second-order valence-corrected chi connectivity index (χ2v) is 3.79. The second kappa shape index (κ2) is 5.45. The molecule has 1 aromatic heterocycles. The fourth-order valence-electron chi connectivity index (χ4n) is 1.59. The number of aromatic nitrogens is 3. The highest BCUT2D eigenvalue weighted by atomic mass is 16.5. The first-order chi connectivity index (χ1) is 8.29. The zero-order chi connectivity index (χ0) is 12.1. The summed E-state index contributed by atoms with van der Waals surface area (Å²) in [4.78, 5) is 4.02. The van der Waals surface area contributed by atoms with E-state index in [-0.39, 0.29) is 0 Å². The average Bonchev–Trinajstić information content (AvgIpc) is 2.74. The SMILES string of the molecule is CNCc1ccccc1COc1ncn(C)n1. The first-order valence-electron chi connectivity index (χ1n) is 5.49. The Morgan fingerprint density at radius 1 is 1.29 bits per heavy atom. The quantitative estimate of drug-likeness (QED) is 0.839. The van der Waals surface area contributed by atoms with Crippen molar-refractivity contribution in [3.05, 3.63) is 41.7 Å². The summed E-state index contributed by atoms with van der Waals surface area (Å²) >= 11 is 0. The van der Waals surface area contributed by atoms with Crippen LogP contribution in [0.5, 0.6) is 6.01 Å². The van der Waals surface area contributed by atoms with Crippen LogP contribution in [0.1, 0.15) is 11.1 Å². The van der Waals surface area contributed by atoms with Crippen LogP contribution in [0.4, 0.5) is 0 Å². The summed E-state index contributed by atoms with van der Waals surface area (Å²) in [5, 5.41) is 7.20. The first-order valence-corrected chi connectivity index (χ1v) is 5.49. The number of nitrogens with one attached hydrogen (secondary N) is 1. The van der Waals surface area contributed by atoms with Gasteiger partial charge in [0.25, 0.3) is 0 Å². The Kier molecular flexibility index (Phi) is 3.72. The first kappa shape index (κ1) is 11.6. The molecule has 5 nitrogen and oxygen atoms in total. The van der Waals surface area contributed by atoms with Crippen molar-refractivity contribution in [2.45, 2.75) is 13.2 Å². The minimum absolute atomic E-state index is 0.409. The van der Waals surface area contributed by atoms with Gasteiger partial charge in [0, 0.05) is 13.6 Å². The van der Waals surface area contributed by atoms with Crippen LogP contribution in [0.3, 0.4) is 0 Å². The van der Waals surface area contributed by atoms with Crippen molar-refractivity contribution < 1.29 is 4.74 Å². The molecule has 0 aliphatic heterocycles. The molecule has 0 atom stereocenters. The third-order valence-electron chi connectivity index (χ3n) is 2.42. The molecule has 5 heteroatoms. The summed E-state index contributed by atoms with van der Waals surface area (Å²) in [6, 6.07) is 8.57. The Labute approximate surface area is 100 Å². The number of hydrogen-bond donors (Lipinski definition) is 1. The third-order valence-corrected chi connectivity index (χ3v) is 2.42. The van der Waals surface area contributed by atoms with Crippen molar-refractivity contribution in [3.8, 4) is 6.01 Å². The lowest BCUT2D eigenvalue weighted by atomic mass is 10.1. The molecule has 0 fully saturated rings. The van der Waals surface area contributed by atoms with E-state index in [1.54, 1.807) is 11.0 Å². The largest absolute Gasteiger partial charge is 0.458 e. The zero-order valence-electron chi connectivity index (χ0n) is 10.1. The van der Waals surface area contributed by atoms with E-state index in [2.05, 4.69) is 27.5 Å². The van der Waals surface area contributed by atoms with Gasteiger partial charge in [0.1, 0.15) is 12.9 Å². The maximum Gasteiger partial charge on any atom is 0.335 e. The molecule has 0 saturated carbocycles. The van der Waals surface area contributed by atoms with Crippen molar-refractivity contribution in [1.29, 1.82) is 0 Å². The summed E-state index contributed by atoms with van der Waals surface area (Å²) in [5.74, 6) is 0. The molecule has 1 N–H and O–H groups in total. The smallest absolute Gasteiger partial charge is 0.335 e. The highest BCUT2D eigenvalue weighted by molar-refractivity contribution is 5.26. The van der Waals surface area contributed by atoms with Gasteiger partial charge < -0.3 is 10.1 Å².